The number of hydrogen-bond acceptors (Lipinski definition) is 1. The smallest absolute Gasteiger partial charge is 0 e. The van der Waals surface area contributed by atoms with E-state index in [0.717, 1.165) is 22.4 Å². The van der Waals surface area contributed by atoms with Crippen LogP contribution in [0.4, 0.5) is 0 Å². The number of pyridine rings is 1. The minimum Gasteiger partial charge on any atom is -0.392 e. The van der Waals surface area contributed by atoms with E-state index < -0.39 is 0 Å². The third-order valence-corrected chi connectivity index (χ3v) is 2.58. The van der Waals surface area contributed by atoms with Crippen LogP contribution in [0.2, 0.25) is 0 Å². The molecule has 1 heterocycles. The summed E-state index contributed by atoms with van der Waals surface area (Å²) in [7, 11) is 0. The average molecular weight is 494 g/mol. The van der Waals surface area contributed by atoms with E-state index in [2.05, 4.69) is 29.2 Å². The van der Waals surface area contributed by atoms with Crippen LogP contribution in [-0.4, -0.2) is 4.98 Å². The standard InChI is InChI=1S/C17H9N.3Y/c1-2-7-14(8-3-1)15-9-6-10-16(13-15)17-11-4-5-12-18-17;;;/h1-7,10,12H;;;/q-4;;;. The van der Waals surface area contributed by atoms with Gasteiger partial charge >= 0.3 is 0 Å². The maximum Gasteiger partial charge on any atom is 0 e. The second-order valence-corrected chi connectivity index (χ2v) is 3.80. The molecular weight excluding hydrogens is 485 g/mol. The maximum absolute atomic E-state index is 4.27. The fourth-order valence-electron chi connectivity index (χ4n) is 1.73. The number of benzene rings is 2. The van der Waals surface area contributed by atoms with Gasteiger partial charge in [0.05, 0.1) is 0 Å². The molecule has 0 atom stereocenters. The van der Waals surface area contributed by atoms with Crippen molar-refractivity contribution in [1.29, 1.82) is 0 Å². The number of aromatic nitrogens is 1. The van der Waals surface area contributed by atoms with Crippen molar-refractivity contribution >= 4 is 0 Å². The normalized spacial score (nSPS) is 8.76. The number of hydrogen-bond donors (Lipinski definition) is 0. The van der Waals surface area contributed by atoms with Crippen LogP contribution in [0.3, 0.4) is 0 Å². The molecule has 0 aliphatic carbocycles. The van der Waals surface area contributed by atoms with E-state index in [0.29, 0.717) is 0 Å². The first-order valence-corrected chi connectivity index (χ1v) is 5.68. The van der Waals surface area contributed by atoms with Crippen LogP contribution in [0.1, 0.15) is 0 Å². The summed E-state index contributed by atoms with van der Waals surface area (Å²) in [5.74, 6) is 0. The number of nitrogens with zero attached hydrogens (tertiary/aromatic N) is 1. The summed E-state index contributed by atoms with van der Waals surface area (Å²) in [6, 6.07) is 28.0. The summed E-state index contributed by atoms with van der Waals surface area (Å²) >= 11 is 0. The van der Waals surface area contributed by atoms with Gasteiger partial charge in [0.15, 0.2) is 0 Å². The Morgan fingerprint density at radius 1 is 0.714 bits per heavy atom. The summed E-state index contributed by atoms with van der Waals surface area (Å²) < 4.78 is 0. The van der Waals surface area contributed by atoms with Crippen molar-refractivity contribution in [3.05, 3.63) is 79.0 Å². The average Bonchev–Trinajstić information content (AvgIpc) is 2.49. The molecule has 4 heteroatoms. The summed E-state index contributed by atoms with van der Waals surface area (Å²) in [5.41, 5.74) is 3.59. The monoisotopic (exact) mass is 494 g/mol. The minimum absolute atomic E-state index is 0. The molecule has 0 aliphatic rings. The van der Waals surface area contributed by atoms with E-state index in [9.17, 15) is 0 Å². The van der Waals surface area contributed by atoms with Gasteiger partial charge in [0.2, 0.25) is 0 Å². The molecule has 0 spiro atoms. The van der Waals surface area contributed by atoms with Gasteiger partial charge in [-0.1, -0.05) is 5.69 Å². The summed E-state index contributed by atoms with van der Waals surface area (Å²) in [6.45, 7) is 0. The van der Waals surface area contributed by atoms with Gasteiger partial charge in [0, 0.05) is 98.1 Å². The molecule has 0 amide bonds. The summed E-state index contributed by atoms with van der Waals surface area (Å²) in [6.07, 6.45) is 1.75. The van der Waals surface area contributed by atoms with Gasteiger partial charge in [-0.3, -0.25) is 22.7 Å². The Bertz CT molecular complexity index is 588. The Morgan fingerprint density at radius 2 is 1.52 bits per heavy atom. The molecule has 21 heavy (non-hydrogen) atoms. The molecule has 0 unspecified atom stereocenters. The Balaban J connectivity index is 0.00000133. The van der Waals surface area contributed by atoms with Gasteiger partial charge in [-0.05, 0) is 6.20 Å². The van der Waals surface area contributed by atoms with Crippen molar-refractivity contribution in [2.24, 2.45) is 0 Å². The molecule has 1 aromatic heterocycles. The van der Waals surface area contributed by atoms with E-state index in [1.807, 2.05) is 48.5 Å². The van der Waals surface area contributed by atoms with Gasteiger partial charge < -0.3 is 23.3 Å². The van der Waals surface area contributed by atoms with Crippen molar-refractivity contribution in [3.8, 4) is 22.4 Å². The Labute approximate surface area is 201 Å². The van der Waals surface area contributed by atoms with E-state index in [4.69, 9.17) is 0 Å². The van der Waals surface area contributed by atoms with Crippen LogP contribution in [0.25, 0.3) is 22.4 Å². The van der Waals surface area contributed by atoms with Gasteiger partial charge in [-0.25, -0.2) is 12.1 Å². The van der Waals surface area contributed by atoms with Crippen LogP contribution in [0.5, 0.6) is 0 Å². The van der Waals surface area contributed by atoms with Crippen molar-refractivity contribution < 1.29 is 98.1 Å². The van der Waals surface area contributed by atoms with E-state index in [1.165, 1.54) is 0 Å². The van der Waals surface area contributed by atoms with Crippen LogP contribution in [0.15, 0.2) is 54.7 Å². The van der Waals surface area contributed by atoms with Gasteiger partial charge in [-0.15, -0.1) is 12.1 Å². The molecule has 3 radical (unpaired) electrons. The van der Waals surface area contributed by atoms with Gasteiger partial charge in [0.1, 0.15) is 0 Å². The topological polar surface area (TPSA) is 12.9 Å². The molecule has 0 N–H and O–H groups in total. The zero-order chi connectivity index (χ0) is 12.2. The van der Waals surface area contributed by atoms with Crippen LogP contribution < -0.4 is 0 Å². The van der Waals surface area contributed by atoms with Crippen molar-refractivity contribution in [2.45, 2.75) is 0 Å². The molecular formula is C17H9NY3-4. The molecule has 0 saturated carbocycles. The first kappa shape index (κ1) is 21.9. The molecule has 95 valence electrons. The molecule has 0 bridgehead atoms. The zero-order valence-electron chi connectivity index (χ0n) is 11.4. The largest absolute Gasteiger partial charge is 0.392 e. The Morgan fingerprint density at radius 3 is 2.19 bits per heavy atom. The fraction of sp³-hybridized carbons (Fsp3) is 0. The number of rotatable bonds is 2. The molecule has 2 aromatic carbocycles. The molecule has 3 aromatic rings. The van der Waals surface area contributed by atoms with Crippen molar-refractivity contribution in [2.75, 3.05) is 0 Å². The Kier molecular flexibility index (Phi) is 11.9. The molecule has 0 aliphatic heterocycles. The van der Waals surface area contributed by atoms with Gasteiger partial charge in [-0.2, -0.15) is 24.3 Å². The SMILES string of the molecule is [Y].[Y].[Y].[c-]1ccc(-c2[c-]cccn2)[c-]c1-c1[c-]cccc1. The molecule has 1 nitrogen and oxygen atoms in total. The summed E-state index contributed by atoms with van der Waals surface area (Å²) in [4.78, 5) is 4.27. The van der Waals surface area contributed by atoms with Gasteiger partial charge in [0.25, 0.3) is 0 Å². The van der Waals surface area contributed by atoms with E-state index in [1.54, 1.807) is 6.20 Å². The first-order chi connectivity index (χ1) is 8.93. The molecule has 3 rings (SSSR count). The molecule has 0 saturated heterocycles. The second-order valence-electron chi connectivity index (χ2n) is 3.80. The van der Waals surface area contributed by atoms with Crippen LogP contribution in [0, 0.1) is 24.3 Å². The second kappa shape index (κ2) is 11.4. The fourth-order valence-corrected chi connectivity index (χ4v) is 1.73. The van der Waals surface area contributed by atoms with Crippen molar-refractivity contribution in [1.82, 2.24) is 4.98 Å². The first-order valence-electron chi connectivity index (χ1n) is 5.68. The Hall–Kier alpha value is 0.902. The van der Waals surface area contributed by atoms with Crippen molar-refractivity contribution in [3.63, 3.8) is 0 Å². The minimum atomic E-state index is 0. The predicted molar refractivity (Wildman–Crippen MR) is 70.5 cm³/mol. The van der Waals surface area contributed by atoms with Crippen LogP contribution in [-0.2, 0) is 98.1 Å². The zero-order valence-corrected chi connectivity index (χ0v) is 19.9. The van der Waals surface area contributed by atoms with Crippen LogP contribution >= 0.6 is 0 Å². The third kappa shape index (κ3) is 6.13. The quantitative estimate of drug-likeness (QED) is 0.497. The molecule has 0 fully saturated rings. The predicted octanol–water partition coefficient (Wildman–Crippen LogP) is 3.61. The maximum atomic E-state index is 4.27. The summed E-state index contributed by atoms with van der Waals surface area (Å²) in [5, 5.41) is 0. The third-order valence-electron chi connectivity index (χ3n) is 2.58. The van der Waals surface area contributed by atoms with E-state index in [-0.39, 0.29) is 98.1 Å². The van der Waals surface area contributed by atoms with E-state index >= 15 is 0 Å².